The summed E-state index contributed by atoms with van der Waals surface area (Å²) in [5.41, 5.74) is 1.07. The van der Waals surface area contributed by atoms with Gasteiger partial charge in [0.2, 0.25) is 0 Å². The third-order valence-electron chi connectivity index (χ3n) is 3.91. The molecule has 1 N–H and O–H groups in total. The largest absolute Gasteiger partial charge is 0.389 e. The topological polar surface area (TPSA) is 49.4 Å². The van der Waals surface area contributed by atoms with E-state index < -0.39 is 0 Å². The van der Waals surface area contributed by atoms with Crippen LogP contribution in [-0.4, -0.2) is 29.3 Å². The molecule has 0 aromatic heterocycles. The molecule has 0 spiro atoms. The van der Waals surface area contributed by atoms with Gasteiger partial charge < -0.3 is 5.32 Å². The SMILES string of the molecule is C=CNC1CC(CN2C(=O)c3ccccc3C2=O)C1. The molecule has 0 unspecified atom stereocenters. The standard InChI is InChI=1S/C15H16N2O2/c1-2-16-11-7-10(8-11)9-17-14(18)12-5-3-4-6-13(12)15(17)19/h2-6,10-11,16H,1,7-9H2. The fourth-order valence-electron chi connectivity index (χ4n) is 2.85. The van der Waals surface area contributed by atoms with E-state index >= 15 is 0 Å². The second kappa shape index (κ2) is 4.53. The Bertz CT molecular complexity index is 512. The van der Waals surface area contributed by atoms with Crippen molar-refractivity contribution in [2.75, 3.05) is 6.54 Å². The average Bonchev–Trinajstić information content (AvgIpc) is 2.62. The Morgan fingerprint density at radius 2 is 1.79 bits per heavy atom. The van der Waals surface area contributed by atoms with E-state index in [0.717, 1.165) is 12.8 Å². The molecule has 0 bridgehead atoms. The summed E-state index contributed by atoms with van der Waals surface area (Å²) in [4.78, 5) is 25.7. The smallest absolute Gasteiger partial charge is 0.261 e. The number of rotatable bonds is 4. The fraction of sp³-hybridized carbons (Fsp3) is 0.333. The Morgan fingerprint density at radius 3 is 2.32 bits per heavy atom. The molecule has 1 aromatic carbocycles. The minimum Gasteiger partial charge on any atom is -0.389 e. The highest BCUT2D eigenvalue weighted by molar-refractivity contribution is 6.21. The van der Waals surface area contributed by atoms with Crippen molar-refractivity contribution in [3.8, 4) is 0 Å². The quantitative estimate of drug-likeness (QED) is 0.836. The van der Waals surface area contributed by atoms with Crippen LogP contribution in [0.1, 0.15) is 33.6 Å². The summed E-state index contributed by atoms with van der Waals surface area (Å²) in [6.07, 6.45) is 3.67. The van der Waals surface area contributed by atoms with Crippen molar-refractivity contribution in [2.45, 2.75) is 18.9 Å². The van der Waals surface area contributed by atoms with Gasteiger partial charge in [-0.05, 0) is 37.1 Å². The normalized spacial score (nSPS) is 24.9. The van der Waals surface area contributed by atoms with Crippen LogP contribution in [0.2, 0.25) is 0 Å². The predicted molar refractivity (Wildman–Crippen MR) is 71.7 cm³/mol. The zero-order valence-corrected chi connectivity index (χ0v) is 10.6. The van der Waals surface area contributed by atoms with Crippen LogP contribution >= 0.6 is 0 Å². The molecule has 0 saturated heterocycles. The molecule has 4 nitrogen and oxygen atoms in total. The molecule has 2 amide bonds. The van der Waals surface area contributed by atoms with Crippen molar-refractivity contribution in [3.63, 3.8) is 0 Å². The molecule has 0 atom stereocenters. The second-order valence-electron chi connectivity index (χ2n) is 5.17. The molecule has 0 radical (unpaired) electrons. The Balaban J connectivity index is 1.67. The molecule has 4 heteroatoms. The molecule has 19 heavy (non-hydrogen) atoms. The fourth-order valence-corrected chi connectivity index (χ4v) is 2.85. The number of fused-ring (bicyclic) bond motifs is 1. The molecule has 1 aliphatic heterocycles. The first-order valence-corrected chi connectivity index (χ1v) is 6.53. The minimum absolute atomic E-state index is 0.152. The van der Waals surface area contributed by atoms with Crippen molar-refractivity contribution in [3.05, 3.63) is 48.2 Å². The molecule has 1 aliphatic carbocycles. The van der Waals surface area contributed by atoms with Gasteiger partial charge in [0.1, 0.15) is 0 Å². The molecule has 1 aromatic rings. The van der Waals surface area contributed by atoms with Gasteiger partial charge in [0.15, 0.2) is 0 Å². The number of nitrogens with one attached hydrogen (secondary N) is 1. The summed E-state index contributed by atoms with van der Waals surface area (Å²) in [6.45, 7) is 4.16. The number of amides is 2. The molecule has 1 fully saturated rings. The van der Waals surface area contributed by atoms with Crippen LogP contribution in [0.25, 0.3) is 0 Å². The highest BCUT2D eigenvalue weighted by atomic mass is 16.2. The van der Waals surface area contributed by atoms with Crippen LogP contribution in [0.5, 0.6) is 0 Å². The average molecular weight is 256 g/mol. The Morgan fingerprint density at radius 1 is 1.21 bits per heavy atom. The van der Waals surface area contributed by atoms with E-state index in [1.54, 1.807) is 30.5 Å². The summed E-state index contributed by atoms with van der Waals surface area (Å²) in [5.74, 6) is 0.0983. The Kier molecular flexibility index (Phi) is 2.85. The number of nitrogens with zero attached hydrogens (tertiary/aromatic N) is 1. The maximum Gasteiger partial charge on any atom is 0.261 e. The lowest BCUT2D eigenvalue weighted by Crippen LogP contribution is -2.45. The second-order valence-corrected chi connectivity index (χ2v) is 5.17. The number of hydrogen-bond donors (Lipinski definition) is 1. The van der Waals surface area contributed by atoms with E-state index in [1.807, 2.05) is 0 Å². The summed E-state index contributed by atoms with van der Waals surface area (Å²) in [7, 11) is 0. The van der Waals surface area contributed by atoms with Gasteiger partial charge >= 0.3 is 0 Å². The highest BCUT2D eigenvalue weighted by Gasteiger charge is 2.39. The molecule has 98 valence electrons. The van der Waals surface area contributed by atoms with Crippen molar-refractivity contribution in [1.29, 1.82) is 0 Å². The minimum atomic E-state index is -0.152. The number of benzene rings is 1. The molecular weight excluding hydrogens is 240 g/mol. The zero-order chi connectivity index (χ0) is 13.4. The van der Waals surface area contributed by atoms with Gasteiger partial charge in [0.05, 0.1) is 11.1 Å². The van der Waals surface area contributed by atoms with E-state index in [0.29, 0.717) is 29.6 Å². The molecule has 1 saturated carbocycles. The van der Waals surface area contributed by atoms with Crippen LogP contribution in [0, 0.1) is 5.92 Å². The predicted octanol–water partition coefficient (Wildman–Crippen LogP) is 1.79. The first-order chi connectivity index (χ1) is 9.20. The van der Waals surface area contributed by atoms with E-state index in [1.165, 1.54) is 4.90 Å². The van der Waals surface area contributed by atoms with Gasteiger partial charge in [0, 0.05) is 12.6 Å². The number of imide groups is 1. The van der Waals surface area contributed by atoms with Crippen molar-refractivity contribution in [2.24, 2.45) is 5.92 Å². The molecule has 3 rings (SSSR count). The monoisotopic (exact) mass is 256 g/mol. The van der Waals surface area contributed by atoms with Crippen LogP contribution in [-0.2, 0) is 0 Å². The van der Waals surface area contributed by atoms with Gasteiger partial charge in [-0.25, -0.2) is 0 Å². The summed E-state index contributed by atoms with van der Waals surface area (Å²) in [5, 5.41) is 3.15. The Labute approximate surface area is 112 Å². The van der Waals surface area contributed by atoms with Crippen LogP contribution in [0.4, 0.5) is 0 Å². The highest BCUT2D eigenvalue weighted by Crippen LogP contribution is 2.31. The van der Waals surface area contributed by atoms with E-state index in [4.69, 9.17) is 0 Å². The van der Waals surface area contributed by atoms with E-state index in [2.05, 4.69) is 11.9 Å². The summed E-state index contributed by atoms with van der Waals surface area (Å²) in [6, 6.07) is 7.47. The van der Waals surface area contributed by atoms with Crippen molar-refractivity contribution < 1.29 is 9.59 Å². The van der Waals surface area contributed by atoms with Gasteiger partial charge in [-0.15, -0.1) is 0 Å². The maximum atomic E-state index is 12.2. The van der Waals surface area contributed by atoms with E-state index in [-0.39, 0.29) is 11.8 Å². The summed E-state index contributed by atoms with van der Waals surface area (Å²) >= 11 is 0. The van der Waals surface area contributed by atoms with Crippen LogP contribution in [0.15, 0.2) is 37.0 Å². The number of hydrogen-bond acceptors (Lipinski definition) is 3. The van der Waals surface area contributed by atoms with Gasteiger partial charge in [0.25, 0.3) is 11.8 Å². The number of carbonyl (C=O) groups is 2. The first-order valence-electron chi connectivity index (χ1n) is 6.53. The lowest BCUT2D eigenvalue weighted by molar-refractivity contribution is 0.0584. The Hall–Kier alpha value is -2.10. The van der Waals surface area contributed by atoms with Gasteiger partial charge in [-0.3, -0.25) is 14.5 Å². The van der Waals surface area contributed by atoms with Crippen LogP contribution < -0.4 is 5.32 Å². The third kappa shape index (κ3) is 1.93. The molecular formula is C15H16N2O2. The van der Waals surface area contributed by atoms with Crippen molar-refractivity contribution in [1.82, 2.24) is 10.2 Å². The zero-order valence-electron chi connectivity index (χ0n) is 10.6. The third-order valence-corrected chi connectivity index (χ3v) is 3.91. The molecule has 2 aliphatic rings. The lowest BCUT2D eigenvalue weighted by Gasteiger charge is -2.37. The first kappa shape index (κ1) is 12.0. The number of carbonyl (C=O) groups excluding carboxylic acids is 2. The van der Waals surface area contributed by atoms with Crippen LogP contribution in [0.3, 0.4) is 0 Å². The lowest BCUT2D eigenvalue weighted by atomic mass is 9.80. The summed E-state index contributed by atoms with van der Waals surface area (Å²) < 4.78 is 0. The van der Waals surface area contributed by atoms with Gasteiger partial charge in [-0.1, -0.05) is 18.7 Å². The van der Waals surface area contributed by atoms with Gasteiger partial charge in [-0.2, -0.15) is 0 Å². The van der Waals surface area contributed by atoms with E-state index in [9.17, 15) is 9.59 Å². The molecule has 1 heterocycles. The van der Waals surface area contributed by atoms with Crippen molar-refractivity contribution >= 4 is 11.8 Å². The maximum absolute atomic E-state index is 12.2.